The topological polar surface area (TPSA) is 237 Å². The Bertz CT molecular complexity index is 1910. The molecular weight excluding hydrogens is 1310 g/mol. The van der Waals surface area contributed by atoms with E-state index in [1.165, 1.54) is 244 Å². The third kappa shape index (κ3) is 74.3. The summed E-state index contributed by atoms with van der Waals surface area (Å²) >= 11 is 0. The number of aliphatic hydroxyl groups excluding tert-OH is 1. The zero-order valence-corrected chi connectivity index (χ0v) is 67.1. The average molecular weight is 1470 g/mol. The molecule has 0 amide bonds. The molecule has 0 saturated heterocycles. The van der Waals surface area contributed by atoms with Crippen LogP contribution in [0.15, 0.2) is 0 Å². The molecule has 0 aliphatic rings. The molecule has 0 aromatic carbocycles. The van der Waals surface area contributed by atoms with Crippen LogP contribution in [0.3, 0.4) is 0 Å². The number of ether oxygens (including phenoxy) is 4. The first kappa shape index (κ1) is 98.1. The summed E-state index contributed by atoms with van der Waals surface area (Å²) in [4.78, 5) is 72.9. The number of phosphoric acid groups is 2. The zero-order chi connectivity index (χ0) is 73.4. The second-order valence-corrected chi connectivity index (χ2v) is 32.5. The van der Waals surface area contributed by atoms with Gasteiger partial charge < -0.3 is 33.8 Å². The van der Waals surface area contributed by atoms with E-state index < -0.39 is 97.5 Å². The predicted molar refractivity (Wildman–Crippen MR) is 409 cm³/mol. The van der Waals surface area contributed by atoms with Gasteiger partial charge in [0.25, 0.3) is 0 Å². The van der Waals surface area contributed by atoms with Crippen LogP contribution in [-0.4, -0.2) is 96.7 Å². The van der Waals surface area contributed by atoms with Gasteiger partial charge in [-0.25, -0.2) is 9.13 Å². The number of carbonyl (C=O) groups excluding carboxylic acids is 4. The minimum atomic E-state index is -4.96. The number of hydrogen-bond acceptors (Lipinski definition) is 15. The van der Waals surface area contributed by atoms with Crippen LogP contribution in [0.2, 0.25) is 0 Å². The lowest BCUT2D eigenvalue weighted by atomic mass is 10.0. The average Bonchev–Trinajstić information content (AvgIpc) is 0.946. The quantitative estimate of drug-likeness (QED) is 0.0222. The lowest BCUT2D eigenvalue weighted by Crippen LogP contribution is -2.30. The van der Waals surface area contributed by atoms with Crippen molar-refractivity contribution >= 4 is 39.5 Å². The van der Waals surface area contributed by atoms with Crippen molar-refractivity contribution in [2.24, 2.45) is 5.92 Å². The number of phosphoric ester groups is 2. The van der Waals surface area contributed by atoms with Crippen LogP contribution in [0.5, 0.6) is 0 Å². The van der Waals surface area contributed by atoms with Gasteiger partial charge in [-0.15, -0.1) is 0 Å². The fraction of sp³-hybridized carbons (Fsp3) is 0.951. The summed E-state index contributed by atoms with van der Waals surface area (Å²) in [7, 11) is -9.91. The van der Waals surface area contributed by atoms with Gasteiger partial charge in [0.2, 0.25) is 0 Å². The molecule has 0 spiro atoms. The molecule has 0 rings (SSSR count). The summed E-state index contributed by atoms with van der Waals surface area (Å²) in [5.41, 5.74) is 0. The van der Waals surface area contributed by atoms with Crippen LogP contribution < -0.4 is 0 Å². The Hall–Kier alpha value is -1.94. The smallest absolute Gasteiger partial charge is 0.462 e. The molecule has 0 heterocycles. The Balaban J connectivity index is 5.17. The van der Waals surface area contributed by atoms with Crippen LogP contribution in [0, 0.1) is 5.92 Å². The highest BCUT2D eigenvalue weighted by Crippen LogP contribution is 2.45. The first-order chi connectivity index (χ1) is 48.5. The molecule has 0 fully saturated rings. The molecule has 0 aromatic heterocycles. The Morgan fingerprint density at radius 3 is 0.680 bits per heavy atom. The summed E-state index contributed by atoms with van der Waals surface area (Å²) in [6, 6.07) is 0. The normalized spacial score (nSPS) is 13.8. The summed E-state index contributed by atoms with van der Waals surface area (Å²) in [5.74, 6) is -1.30. The second-order valence-electron chi connectivity index (χ2n) is 29.6. The van der Waals surface area contributed by atoms with Gasteiger partial charge in [-0.2, -0.15) is 0 Å². The van der Waals surface area contributed by atoms with Crippen molar-refractivity contribution in [3.8, 4) is 0 Å². The van der Waals surface area contributed by atoms with Gasteiger partial charge in [0.1, 0.15) is 19.3 Å². The van der Waals surface area contributed by atoms with E-state index in [1.807, 2.05) is 0 Å². The fourth-order valence-electron chi connectivity index (χ4n) is 12.6. The van der Waals surface area contributed by atoms with Crippen molar-refractivity contribution in [3.63, 3.8) is 0 Å². The SMILES string of the molecule is CCCCCCCCCCCCCCCCCCCCCCC(=O)O[C@H](COC(=O)CCCCCCCCCCCCCCCCCC(C)C)COP(=O)(O)OC[C@@H](O)COP(=O)(O)OC[C@@H](COC(=O)CCCCCCCCC)OC(=O)CCCCCCCCCCCCCCCCC. The monoisotopic (exact) mass is 1470 g/mol. The molecule has 100 heavy (non-hydrogen) atoms. The maximum absolute atomic E-state index is 13.1. The van der Waals surface area contributed by atoms with Crippen molar-refractivity contribution in [1.82, 2.24) is 0 Å². The molecular formula is C81H158O17P2. The summed E-state index contributed by atoms with van der Waals surface area (Å²) < 4.78 is 68.6. The Morgan fingerprint density at radius 1 is 0.270 bits per heavy atom. The highest BCUT2D eigenvalue weighted by molar-refractivity contribution is 7.47. The number of rotatable bonds is 81. The predicted octanol–water partition coefficient (Wildman–Crippen LogP) is 24.4. The van der Waals surface area contributed by atoms with Crippen LogP contribution >= 0.6 is 15.6 Å². The minimum Gasteiger partial charge on any atom is -0.462 e. The first-order valence-electron chi connectivity index (χ1n) is 42.1. The first-order valence-corrected chi connectivity index (χ1v) is 45.1. The molecule has 0 saturated carbocycles. The second kappa shape index (κ2) is 73.9. The molecule has 0 aromatic rings. The highest BCUT2D eigenvalue weighted by Gasteiger charge is 2.30. The van der Waals surface area contributed by atoms with Crippen molar-refractivity contribution in [2.75, 3.05) is 39.6 Å². The van der Waals surface area contributed by atoms with Crippen molar-refractivity contribution in [3.05, 3.63) is 0 Å². The van der Waals surface area contributed by atoms with E-state index in [-0.39, 0.29) is 25.7 Å². The van der Waals surface area contributed by atoms with Crippen molar-refractivity contribution in [2.45, 2.75) is 451 Å². The summed E-state index contributed by atoms with van der Waals surface area (Å²) in [5, 5.41) is 10.6. The van der Waals surface area contributed by atoms with E-state index in [4.69, 9.17) is 37.0 Å². The highest BCUT2D eigenvalue weighted by atomic mass is 31.2. The van der Waals surface area contributed by atoms with Crippen LogP contribution in [0.4, 0.5) is 0 Å². The third-order valence-electron chi connectivity index (χ3n) is 19.0. The van der Waals surface area contributed by atoms with E-state index in [2.05, 4.69) is 34.6 Å². The number of unbranched alkanes of at least 4 members (excludes halogenated alkanes) is 53. The maximum atomic E-state index is 13.1. The number of carbonyl (C=O) groups is 4. The Morgan fingerprint density at radius 2 is 0.460 bits per heavy atom. The lowest BCUT2D eigenvalue weighted by Gasteiger charge is -2.21. The van der Waals surface area contributed by atoms with Gasteiger partial charge in [-0.05, 0) is 31.6 Å². The van der Waals surface area contributed by atoms with Crippen molar-refractivity contribution in [1.29, 1.82) is 0 Å². The summed E-state index contributed by atoms with van der Waals surface area (Å²) in [6.45, 7) is 7.32. The van der Waals surface area contributed by atoms with E-state index >= 15 is 0 Å². The number of aliphatic hydroxyl groups is 1. The van der Waals surface area contributed by atoms with Crippen LogP contribution in [0.1, 0.15) is 433 Å². The summed E-state index contributed by atoms with van der Waals surface area (Å²) in [6.07, 6.45) is 65.4. The van der Waals surface area contributed by atoms with Gasteiger partial charge in [0.05, 0.1) is 26.4 Å². The number of hydrogen-bond donors (Lipinski definition) is 3. The molecule has 0 aliphatic carbocycles. The van der Waals surface area contributed by atoms with E-state index in [1.54, 1.807) is 0 Å². The molecule has 594 valence electrons. The molecule has 19 heteroatoms. The zero-order valence-electron chi connectivity index (χ0n) is 65.3. The van der Waals surface area contributed by atoms with E-state index in [0.29, 0.717) is 25.7 Å². The van der Waals surface area contributed by atoms with E-state index in [9.17, 15) is 43.2 Å². The molecule has 0 radical (unpaired) electrons. The van der Waals surface area contributed by atoms with Gasteiger partial charge in [0.15, 0.2) is 12.2 Å². The van der Waals surface area contributed by atoms with Gasteiger partial charge in [-0.3, -0.25) is 37.3 Å². The largest absolute Gasteiger partial charge is 0.472 e. The molecule has 3 N–H and O–H groups in total. The fourth-order valence-corrected chi connectivity index (χ4v) is 14.2. The molecule has 0 aliphatic heterocycles. The number of esters is 4. The Kier molecular flexibility index (Phi) is 72.5. The van der Waals surface area contributed by atoms with Crippen LogP contribution in [0.25, 0.3) is 0 Å². The van der Waals surface area contributed by atoms with Crippen LogP contribution in [-0.2, 0) is 65.4 Å². The Labute approximate surface area is 613 Å². The van der Waals surface area contributed by atoms with E-state index in [0.717, 1.165) is 109 Å². The standard InChI is InChI=1S/C81H158O17P2/c1-6-9-12-15-18-20-22-24-26-27-28-29-30-34-39-43-47-52-57-62-67-81(86)98-77(71-92-79(84)65-60-55-50-45-41-37-35-31-33-36-40-44-49-53-58-63-74(4)5)73-96-100(89,90)94-69-75(82)68-93-99(87,88)95-72-76(70-91-78(83)64-59-54-48-17-14-11-8-3)97-80(85)66-61-56-51-46-42-38-32-25-23-21-19-16-13-10-7-2/h74-77,82H,6-73H2,1-5H3,(H,87,88)(H,89,90)/t75-,76+,77+/m0/s1. The van der Waals surface area contributed by atoms with Crippen molar-refractivity contribution < 1.29 is 80.2 Å². The molecule has 17 nitrogen and oxygen atoms in total. The maximum Gasteiger partial charge on any atom is 0.472 e. The lowest BCUT2D eigenvalue weighted by molar-refractivity contribution is -0.161. The molecule has 5 atom stereocenters. The minimum absolute atomic E-state index is 0.108. The van der Waals surface area contributed by atoms with Gasteiger partial charge in [0, 0.05) is 25.7 Å². The van der Waals surface area contributed by atoms with Gasteiger partial charge in [-0.1, -0.05) is 381 Å². The third-order valence-corrected chi connectivity index (χ3v) is 20.9. The molecule has 2 unspecified atom stereocenters. The van der Waals surface area contributed by atoms with Gasteiger partial charge >= 0.3 is 39.5 Å². The molecule has 0 bridgehead atoms.